The van der Waals surface area contributed by atoms with Crippen molar-refractivity contribution in [1.82, 2.24) is 9.47 Å². The number of methoxy groups -OCH3 is 2. The number of thiazole rings is 1. The van der Waals surface area contributed by atoms with Crippen LogP contribution in [0.4, 0.5) is 0 Å². The van der Waals surface area contributed by atoms with Crippen LogP contribution in [-0.4, -0.2) is 36.6 Å². The second-order valence-electron chi connectivity index (χ2n) is 4.78. The van der Waals surface area contributed by atoms with Crippen molar-refractivity contribution in [3.63, 3.8) is 0 Å². The summed E-state index contributed by atoms with van der Waals surface area (Å²) < 4.78 is 12.1. The monoisotopic (exact) mass is 357 g/mol. The molecule has 0 spiro atoms. The first-order valence-corrected chi connectivity index (χ1v) is 7.56. The molecule has 0 saturated heterocycles. The third kappa shape index (κ3) is 4.74. The van der Waals surface area contributed by atoms with Crippen molar-refractivity contribution in [3.8, 4) is 11.5 Å². The number of likely N-dealkylation sites (N-methyl/N-ethyl adjacent to an activating group) is 1. The molecule has 0 radical (unpaired) electrons. The number of ether oxygens (including phenoxy) is 2. The summed E-state index contributed by atoms with van der Waals surface area (Å²) >= 11 is 1.30. The smallest absolute Gasteiger partial charge is 0.242 e. The van der Waals surface area contributed by atoms with Gasteiger partial charge in [-0.2, -0.15) is 0 Å². The van der Waals surface area contributed by atoms with Gasteiger partial charge >= 0.3 is 0 Å². The zero-order valence-corrected chi connectivity index (χ0v) is 14.9. The third-order valence-corrected chi connectivity index (χ3v) is 4.00. The average molecular weight is 358 g/mol. The highest BCUT2D eigenvalue weighted by Crippen LogP contribution is 2.27. The molecule has 0 saturated carbocycles. The van der Waals surface area contributed by atoms with Gasteiger partial charge in [-0.05, 0) is 17.7 Å². The molecule has 0 aliphatic heterocycles. The van der Waals surface area contributed by atoms with Gasteiger partial charge in [-0.15, -0.1) is 23.7 Å². The number of nitrogens with zero attached hydrogens (tertiary/aromatic N) is 2. The topological polar surface area (TPSA) is 67.5 Å². The number of benzene rings is 1. The van der Waals surface area contributed by atoms with Crippen molar-refractivity contribution in [2.45, 2.75) is 13.1 Å². The molecule has 1 amide bonds. The number of nitrogens with one attached hydrogen (secondary N) is 1. The number of rotatable bonds is 6. The van der Waals surface area contributed by atoms with Crippen molar-refractivity contribution in [2.75, 3.05) is 21.3 Å². The Balaban J connectivity index is 0.00000264. The SMILES string of the molecule is COc1ccc(CN(C)C(=O)Cn2ccsc2=N)cc1OC.Cl. The van der Waals surface area contributed by atoms with Crippen LogP contribution in [0.3, 0.4) is 0 Å². The first-order valence-electron chi connectivity index (χ1n) is 6.68. The Bertz CT molecular complexity index is 714. The second kappa shape index (κ2) is 8.59. The Labute approximate surface area is 145 Å². The molecule has 0 bridgehead atoms. The van der Waals surface area contributed by atoms with Crippen molar-refractivity contribution >= 4 is 29.7 Å². The summed E-state index contributed by atoms with van der Waals surface area (Å²) in [6, 6.07) is 5.58. The number of carbonyl (C=O) groups is 1. The van der Waals surface area contributed by atoms with Crippen molar-refractivity contribution < 1.29 is 14.3 Å². The fourth-order valence-corrected chi connectivity index (χ4v) is 2.63. The molecular formula is C15H20ClN3O3S. The molecule has 1 heterocycles. The minimum atomic E-state index is -0.0494. The first-order chi connectivity index (χ1) is 10.5. The van der Waals surface area contributed by atoms with Crippen LogP contribution in [0.5, 0.6) is 11.5 Å². The minimum Gasteiger partial charge on any atom is -0.493 e. The van der Waals surface area contributed by atoms with E-state index in [2.05, 4.69) is 0 Å². The van der Waals surface area contributed by atoms with E-state index in [0.717, 1.165) is 5.56 Å². The lowest BCUT2D eigenvalue weighted by molar-refractivity contribution is -0.131. The van der Waals surface area contributed by atoms with Gasteiger partial charge in [0.25, 0.3) is 0 Å². The van der Waals surface area contributed by atoms with Crippen LogP contribution < -0.4 is 14.3 Å². The van der Waals surface area contributed by atoms with Crippen molar-refractivity contribution in [3.05, 3.63) is 40.1 Å². The van der Waals surface area contributed by atoms with E-state index in [9.17, 15) is 4.79 Å². The van der Waals surface area contributed by atoms with Crippen LogP contribution in [0.1, 0.15) is 5.56 Å². The van der Waals surface area contributed by atoms with Crippen LogP contribution in [-0.2, 0) is 17.9 Å². The highest BCUT2D eigenvalue weighted by Gasteiger charge is 2.12. The van der Waals surface area contributed by atoms with Gasteiger partial charge in [0.05, 0.1) is 14.2 Å². The van der Waals surface area contributed by atoms with Gasteiger partial charge in [0.1, 0.15) is 6.54 Å². The molecule has 126 valence electrons. The molecular weight excluding hydrogens is 338 g/mol. The number of hydrogen-bond donors (Lipinski definition) is 1. The Morgan fingerprint density at radius 1 is 1.30 bits per heavy atom. The Kier molecular flexibility index (Phi) is 7.12. The molecule has 0 aliphatic carbocycles. The summed E-state index contributed by atoms with van der Waals surface area (Å²) in [6.07, 6.45) is 1.75. The maximum absolute atomic E-state index is 12.2. The zero-order chi connectivity index (χ0) is 16.1. The van der Waals surface area contributed by atoms with Gasteiger partial charge in [-0.3, -0.25) is 10.2 Å². The second-order valence-corrected chi connectivity index (χ2v) is 5.67. The number of carbonyl (C=O) groups excluding carboxylic acids is 1. The molecule has 0 aliphatic rings. The fraction of sp³-hybridized carbons (Fsp3) is 0.333. The van der Waals surface area contributed by atoms with Crippen LogP contribution in [0.25, 0.3) is 0 Å². The van der Waals surface area contributed by atoms with E-state index in [1.165, 1.54) is 11.3 Å². The van der Waals surface area contributed by atoms with E-state index < -0.39 is 0 Å². The van der Waals surface area contributed by atoms with E-state index in [-0.39, 0.29) is 24.9 Å². The average Bonchev–Trinajstić information content (AvgIpc) is 2.92. The summed E-state index contributed by atoms with van der Waals surface area (Å²) in [6.45, 7) is 0.642. The molecule has 1 aromatic carbocycles. The largest absolute Gasteiger partial charge is 0.493 e. The molecule has 2 aromatic rings. The quantitative estimate of drug-likeness (QED) is 0.861. The molecule has 23 heavy (non-hydrogen) atoms. The number of hydrogen-bond acceptors (Lipinski definition) is 5. The number of amides is 1. The number of aromatic nitrogens is 1. The maximum atomic E-state index is 12.2. The summed E-state index contributed by atoms with van der Waals surface area (Å²) in [5.74, 6) is 1.25. The maximum Gasteiger partial charge on any atom is 0.242 e. The number of halogens is 1. The van der Waals surface area contributed by atoms with Crippen LogP contribution >= 0.6 is 23.7 Å². The van der Waals surface area contributed by atoms with Crippen LogP contribution in [0, 0.1) is 5.41 Å². The van der Waals surface area contributed by atoms with Gasteiger partial charge in [-0.1, -0.05) is 6.07 Å². The molecule has 0 atom stereocenters. The summed E-state index contributed by atoms with van der Waals surface area (Å²) in [4.78, 5) is 14.2. The Morgan fingerprint density at radius 2 is 2.00 bits per heavy atom. The first kappa shape index (κ1) is 19.1. The van der Waals surface area contributed by atoms with E-state index in [4.69, 9.17) is 14.9 Å². The van der Waals surface area contributed by atoms with E-state index >= 15 is 0 Å². The normalized spacial score (nSPS) is 9.87. The van der Waals surface area contributed by atoms with Gasteiger partial charge in [-0.25, -0.2) is 0 Å². The fourth-order valence-electron chi connectivity index (χ4n) is 2.04. The predicted octanol–water partition coefficient (Wildman–Crippen LogP) is 2.13. The molecule has 0 fully saturated rings. The Morgan fingerprint density at radius 3 is 2.57 bits per heavy atom. The predicted molar refractivity (Wildman–Crippen MR) is 91.4 cm³/mol. The lowest BCUT2D eigenvalue weighted by Crippen LogP contribution is -2.31. The highest BCUT2D eigenvalue weighted by atomic mass is 35.5. The van der Waals surface area contributed by atoms with Gasteiger partial charge < -0.3 is 18.9 Å². The zero-order valence-electron chi connectivity index (χ0n) is 13.2. The van der Waals surface area contributed by atoms with Gasteiger partial charge in [0.15, 0.2) is 16.3 Å². The van der Waals surface area contributed by atoms with Crippen molar-refractivity contribution in [2.24, 2.45) is 0 Å². The van der Waals surface area contributed by atoms with Gasteiger partial charge in [0.2, 0.25) is 5.91 Å². The standard InChI is InChI=1S/C15H19N3O3S.ClH/c1-17(14(19)10-18-6-7-22-15(18)16)9-11-4-5-12(20-2)13(8-11)21-3;/h4-8,16H,9-10H2,1-3H3;1H. The summed E-state index contributed by atoms with van der Waals surface area (Å²) in [7, 11) is 4.92. The van der Waals surface area contributed by atoms with Crippen LogP contribution in [0.2, 0.25) is 0 Å². The highest BCUT2D eigenvalue weighted by molar-refractivity contribution is 7.06. The Hall–Kier alpha value is -1.99. The molecule has 0 unspecified atom stereocenters. The van der Waals surface area contributed by atoms with E-state index in [1.807, 2.05) is 18.2 Å². The lowest BCUT2D eigenvalue weighted by Gasteiger charge is -2.18. The molecule has 1 N–H and O–H groups in total. The molecule has 8 heteroatoms. The third-order valence-electron chi connectivity index (χ3n) is 3.28. The molecule has 2 rings (SSSR count). The van der Waals surface area contributed by atoms with Crippen LogP contribution in [0.15, 0.2) is 29.8 Å². The van der Waals surface area contributed by atoms with E-state index in [0.29, 0.717) is 22.8 Å². The van der Waals surface area contributed by atoms with Gasteiger partial charge in [0, 0.05) is 25.2 Å². The van der Waals surface area contributed by atoms with E-state index in [1.54, 1.807) is 42.3 Å². The summed E-state index contributed by atoms with van der Waals surface area (Å²) in [5.41, 5.74) is 0.954. The molecule has 6 nitrogen and oxygen atoms in total. The molecule has 1 aromatic heterocycles. The minimum absolute atomic E-state index is 0. The lowest BCUT2D eigenvalue weighted by atomic mass is 10.2. The summed E-state index contributed by atoms with van der Waals surface area (Å²) in [5, 5.41) is 9.48. The van der Waals surface area contributed by atoms with Crippen molar-refractivity contribution in [1.29, 1.82) is 5.41 Å².